The highest BCUT2D eigenvalue weighted by atomic mass is 35.5. The lowest BCUT2D eigenvalue weighted by atomic mass is 10.0. The lowest BCUT2D eigenvalue weighted by Crippen LogP contribution is -2.37. The molecule has 1 amide bonds. The zero-order chi connectivity index (χ0) is 27.5. The Balaban J connectivity index is 1.35. The van der Waals surface area contributed by atoms with Gasteiger partial charge in [0.2, 0.25) is 0 Å². The van der Waals surface area contributed by atoms with Crippen molar-refractivity contribution < 1.29 is 18.7 Å². The zero-order valence-electron chi connectivity index (χ0n) is 22.1. The average molecular weight is 551 g/mol. The molecule has 3 aromatic heterocycles. The molecule has 9 nitrogen and oxygen atoms in total. The molecule has 5 heterocycles. The number of pyridine rings is 2. The summed E-state index contributed by atoms with van der Waals surface area (Å²) >= 11 is 6.49. The molecule has 0 spiro atoms. The minimum atomic E-state index is -0.598. The van der Waals surface area contributed by atoms with Crippen LogP contribution >= 0.6 is 11.6 Å². The van der Waals surface area contributed by atoms with Gasteiger partial charge >= 0.3 is 12.1 Å². The molecule has 2 aliphatic heterocycles. The topological polar surface area (TPSA) is 93.6 Å². The largest absolute Gasteiger partial charge is 0.467 e. The number of aromatic nitrogens is 4. The Morgan fingerprint density at radius 2 is 1.82 bits per heavy atom. The van der Waals surface area contributed by atoms with Gasteiger partial charge in [-0.3, -0.25) is 9.97 Å². The van der Waals surface area contributed by atoms with E-state index < -0.39 is 11.4 Å². The molecule has 1 aromatic carbocycles. The van der Waals surface area contributed by atoms with Gasteiger partial charge in [-0.25, -0.2) is 9.18 Å². The summed E-state index contributed by atoms with van der Waals surface area (Å²) in [6, 6.07) is 5.51. The monoisotopic (exact) mass is 550 g/mol. The van der Waals surface area contributed by atoms with Gasteiger partial charge in [-0.15, -0.1) is 0 Å². The Morgan fingerprint density at radius 1 is 1.08 bits per heavy atom. The molecule has 4 aromatic rings. The van der Waals surface area contributed by atoms with E-state index in [0.717, 1.165) is 5.39 Å². The number of rotatable bonds is 3. The third-order valence-electron chi connectivity index (χ3n) is 7.25. The third-order valence-corrected chi connectivity index (χ3v) is 7.57. The SMILES string of the molecule is COc1nc(N2CC3CN(C(=O)OC(C)(C)C)CC3C2)c2cnc(-c3cncc4cccc(Cl)c34)c(F)c2n1. The molecule has 6 rings (SSSR count). The number of nitrogens with zero attached hydrogens (tertiary/aromatic N) is 6. The Labute approximate surface area is 229 Å². The second-order valence-electron chi connectivity index (χ2n) is 11.1. The summed E-state index contributed by atoms with van der Waals surface area (Å²) in [6.07, 6.45) is 4.54. The fourth-order valence-electron chi connectivity index (χ4n) is 5.55. The van der Waals surface area contributed by atoms with Gasteiger partial charge in [0.15, 0.2) is 5.82 Å². The van der Waals surface area contributed by atoms with Gasteiger partial charge in [-0.2, -0.15) is 9.97 Å². The Morgan fingerprint density at radius 3 is 2.51 bits per heavy atom. The summed E-state index contributed by atoms with van der Waals surface area (Å²) in [6.45, 7) is 8.10. The number of methoxy groups -OCH3 is 1. The van der Waals surface area contributed by atoms with E-state index in [9.17, 15) is 4.79 Å². The van der Waals surface area contributed by atoms with Crippen LogP contribution in [0.2, 0.25) is 5.02 Å². The number of ether oxygens (including phenoxy) is 2. The van der Waals surface area contributed by atoms with Crippen molar-refractivity contribution in [1.29, 1.82) is 0 Å². The number of anilines is 1. The fraction of sp³-hybridized carbons (Fsp3) is 0.393. The van der Waals surface area contributed by atoms with Gasteiger partial charge in [-0.1, -0.05) is 23.7 Å². The summed E-state index contributed by atoms with van der Waals surface area (Å²) in [5.41, 5.74) is 0.153. The molecule has 0 bridgehead atoms. The van der Waals surface area contributed by atoms with Gasteiger partial charge in [0.05, 0.1) is 12.5 Å². The van der Waals surface area contributed by atoms with Crippen LogP contribution < -0.4 is 9.64 Å². The standard InChI is InChI=1S/C28H28ClFN6O3/c1-28(2,3)39-27(37)36-13-16-11-35(12-17(16)14-36)25-19-10-32-23(22(30)24(19)33-26(34-25)38-4)18-9-31-8-15-6-5-7-20(29)21(15)18/h5-10,16-17H,11-14H2,1-4H3. The molecule has 2 fully saturated rings. The highest BCUT2D eigenvalue weighted by molar-refractivity contribution is 6.36. The second kappa shape index (κ2) is 9.44. The van der Waals surface area contributed by atoms with Crippen LogP contribution in [0, 0.1) is 17.7 Å². The molecule has 2 saturated heterocycles. The van der Waals surface area contributed by atoms with Gasteiger partial charge in [0, 0.05) is 78.0 Å². The van der Waals surface area contributed by atoms with Crippen molar-refractivity contribution in [2.75, 3.05) is 38.2 Å². The molecule has 39 heavy (non-hydrogen) atoms. The molecule has 2 unspecified atom stereocenters. The number of hydrogen-bond acceptors (Lipinski definition) is 8. The number of fused-ring (bicyclic) bond motifs is 3. The minimum absolute atomic E-state index is 0.0649. The lowest BCUT2D eigenvalue weighted by molar-refractivity contribution is 0.0282. The summed E-state index contributed by atoms with van der Waals surface area (Å²) in [5, 5.41) is 2.42. The average Bonchev–Trinajstić information content (AvgIpc) is 3.47. The number of hydrogen-bond donors (Lipinski definition) is 0. The van der Waals surface area contributed by atoms with Crippen molar-refractivity contribution in [3.63, 3.8) is 0 Å². The molecule has 11 heteroatoms. The molecule has 2 atom stereocenters. The van der Waals surface area contributed by atoms with E-state index in [0.29, 0.717) is 53.4 Å². The van der Waals surface area contributed by atoms with E-state index in [1.165, 1.54) is 7.11 Å². The van der Waals surface area contributed by atoms with Gasteiger partial charge in [-0.05, 0) is 26.8 Å². The summed E-state index contributed by atoms with van der Waals surface area (Å²) in [7, 11) is 1.46. The quantitative estimate of drug-likeness (QED) is 0.337. The smallest absolute Gasteiger partial charge is 0.410 e. The lowest BCUT2D eigenvalue weighted by Gasteiger charge is -2.26. The maximum Gasteiger partial charge on any atom is 0.410 e. The molecule has 0 radical (unpaired) electrons. The van der Waals surface area contributed by atoms with Crippen LogP contribution in [0.15, 0.2) is 36.8 Å². The minimum Gasteiger partial charge on any atom is -0.467 e. The molecular weight excluding hydrogens is 523 g/mol. The van der Waals surface area contributed by atoms with Crippen LogP contribution in [-0.4, -0.2) is 69.8 Å². The first kappa shape index (κ1) is 25.5. The highest BCUT2D eigenvalue weighted by Gasteiger charge is 2.43. The molecule has 2 aliphatic rings. The van der Waals surface area contributed by atoms with Crippen LogP contribution in [-0.2, 0) is 4.74 Å². The maximum absolute atomic E-state index is 16.1. The fourth-order valence-corrected chi connectivity index (χ4v) is 5.84. The number of amides is 1. The van der Waals surface area contributed by atoms with Crippen molar-refractivity contribution in [2.24, 2.45) is 11.8 Å². The first-order chi connectivity index (χ1) is 18.6. The van der Waals surface area contributed by atoms with E-state index in [1.807, 2.05) is 32.9 Å². The first-order valence-corrected chi connectivity index (χ1v) is 13.2. The molecule has 0 saturated carbocycles. The van der Waals surface area contributed by atoms with Gasteiger partial charge < -0.3 is 19.3 Å². The van der Waals surface area contributed by atoms with Crippen molar-refractivity contribution in [3.8, 4) is 17.3 Å². The molecular formula is C28H28ClFN6O3. The molecule has 0 N–H and O–H groups in total. The molecule has 202 valence electrons. The van der Waals surface area contributed by atoms with E-state index in [4.69, 9.17) is 21.1 Å². The Hall–Kier alpha value is -3.79. The number of likely N-dealkylation sites (tertiary alicyclic amines) is 1. The summed E-state index contributed by atoms with van der Waals surface area (Å²) in [4.78, 5) is 34.2. The van der Waals surface area contributed by atoms with E-state index in [2.05, 4.69) is 24.8 Å². The Kier molecular flexibility index (Phi) is 6.17. The number of halogens is 2. The first-order valence-electron chi connectivity index (χ1n) is 12.8. The van der Waals surface area contributed by atoms with Crippen molar-refractivity contribution in [1.82, 2.24) is 24.8 Å². The van der Waals surface area contributed by atoms with Crippen LogP contribution in [0.5, 0.6) is 6.01 Å². The predicted octanol–water partition coefficient (Wildman–Crippen LogP) is 5.34. The van der Waals surface area contributed by atoms with Crippen LogP contribution in [0.25, 0.3) is 32.9 Å². The van der Waals surface area contributed by atoms with Crippen molar-refractivity contribution in [3.05, 3.63) is 47.6 Å². The van der Waals surface area contributed by atoms with E-state index in [-0.39, 0.29) is 35.2 Å². The molecule has 0 aliphatic carbocycles. The van der Waals surface area contributed by atoms with Gasteiger partial charge in [0.25, 0.3) is 0 Å². The maximum atomic E-state index is 16.1. The number of benzene rings is 1. The van der Waals surface area contributed by atoms with Crippen LogP contribution in [0.4, 0.5) is 15.0 Å². The van der Waals surface area contributed by atoms with Crippen LogP contribution in [0.3, 0.4) is 0 Å². The van der Waals surface area contributed by atoms with Crippen molar-refractivity contribution in [2.45, 2.75) is 26.4 Å². The Bertz CT molecular complexity index is 1590. The van der Waals surface area contributed by atoms with Crippen LogP contribution in [0.1, 0.15) is 20.8 Å². The highest BCUT2D eigenvalue weighted by Crippen LogP contribution is 2.39. The van der Waals surface area contributed by atoms with Gasteiger partial charge in [0.1, 0.15) is 22.6 Å². The number of carbonyl (C=O) groups excluding carboxylic acids is 1. The second-order valence-corrected chi connectivity index (χ2v) is 11.5. The summed E-state index contributed by atoms with van der Waals surface area (Å²) in [5.74, 6) is 0.449. The third kappa shape index (κ3) is 4.56. The zero-order valence-corrected chi connectivity index (χ0v) is 22.9. The van der Waals surface area contributed by atoms with E-state index in [1.54, 1.807) is 29.6 Å². The predicted molar refractivity (Wildman–Crippen MR) is 147 cm³/mol. The normalized spacial score (nSPS) is 19.1. The van der Waals surface area contributed by atoms with Crippen molar-refractivity contribution >= 4 is 45.2 Å². The van der Waals surface area contributed by atoms with E-state index >= 15 is 4.39 Å². The number of carbonyl (C=O) groups is 1. The summed E-state index contributed by atoms with van der Waals surface area (Å²) < 4.78 is 27.1.